The van der Waals surface area contributed by atoms with Crippen molar-refractivity contribution in [1.82, 2.24) is 25.3 Å². The Morgan fingerprint density at radius 3 is 2.80 bits per heavy atom. The molecule has 0 aliphatic carbocycles. The van der Waals surface area contributed by atoms with E-state index in [4.69, 9.17) is 16.0 Å². The van der Waals surface area contributed by atoms with Gasteiger partial charge in [-0.25, -0.2) is 0 Å². The summed E-state index contributed by atoms with van der Waals surface area (Å²) in [6, 6.07) is 11.3. The summed E-state index contributed by atoms with van der Waals surface area (Å²) in [5, 5.41) is 15.1. The molecule has 4 rings (SSSR count). The highest BCUT2D eigenvalue weighted by molar-refractivity contribution is 6.31. The number of oxazole rings is 1. The van der Waals surface area contributed by atoms with Crippen LogP contribution < -0.4 is 10.6 Å². The first-order valence-electron chi connectivity index (χ1n) is 9.58. The molecule has 9 heteroatoms. The molecule has 0 radical (unpaired) electrons. The predicted molar refractivity (Wildman–Crippen MR) is 115 cm³/mol. The second-order valence-electron chi connectivity index (χ2n) is 7.06. The van der Waals surface area contributed by atoms with Crippen LogP contribution in [-0.4, -0.2) is 38.5 Å². The molecular weight excluding hydrogens is 404 g/mol. The summed E-state index contributed by atoms with van der Waals surface area (Å²) in [6.45, 7) is 4.48. The monoisotopic (exact) mass is 424 g/mol. The lowest BCUT2D eigenvalue weighted by Gasteiger charge is -2.16. The van der Waals surface area contributed by atoms with Crippen molar-refractivity contribution in [3.8, 4) is 5.69 Å². The molecule has 2 heterocycles. The minimum Gasteiger partial charge on any atom is -0.424 e. The number of benzene rings is 2. The Hall–Kier alpha value is -3.39. The molecule has 0 bridgehead atoms. The minimum absolute atomic E-state index is 0.0669. The second kappa shape index (κ2) is 8.54. The number of halogens is 1. The zero-order valence-corrected chi connectivity index (χ0v) is 17.3. The maximum Gasteiger partial charge on any atom is 0.295 e. The zero-order valence-electron chi connectivity index (χ0n) is 16.6. The molecule has 154 valence electrons. The summed E-state index contributed by atoms with van der Waals surface area (Å²) >= 11 is 5.97. The number of amides is 1. The van der Waals surface area contributed by atoms with E-state index in [1.54, 1.807) is 30.6 Å². The van der Waals surface area contributed by atoms with Crippen LogP contribution in [0.1, 0.15) is 29.3 Å². The third-order valence-electron chi connectivity index (χ3n) is 4.61. The fourth-order valence-electron chi connectivity index (χ4n) is 3.09. The van der Waals surface area contributed by atoms with Crippen molar-refractivity contribution in [3.63, 3.8) is 0 Å². The van der Waals surface area contributed by atoms with Crippen molar-refractivity contribution in [2.24, 2.45) is 0 Å². The van der Waals surface area contributed by atoms with Gasteiger partial charge in [0.1, 0.15) is 5.52 Å². The Balaban J connectivity index is 1.36. The van der Waals surface area contributed by atoms with Crippen LogP contribution in [0.3, 0.4) is 0 Å². The molecule has 1 atom stereocenters. The number of anilines is 1. The summed E-state index contributed by atoms with van der Waals surface area (Å²) < 4.78 is 5.64. The highest BCUT2D eigenvalue weighted by atomic mass is 35.5. The van der Waals surface area contributed by atoms with E-state index >= 15 is 0 Å². The van der Waals surface area contributed by atoms with Gasteiger partial charge in [0.2, 0.25) is 0 Å². The van der Waals surface area contributed by atoms with Crippen LogP contribution in [0.15, 0.2) is 53.2 Å². The Bertz CT molecular complexity index is 1170. The van der Waals surface area contributed by atoms with Gasteiger partial charge >= 0.3 is 0 Å². The van der Waals surface area contributed by atoms with E-state index in [0.717, 1.165) is 5.56 Å². The molecule has 30 heavy (non-hydrogen) atoms. The number of rotatable bonds is 7. The summed E-state index contributed by atoms with van der Waals surface area (Å²) in [5.74, 6) is -0.171. The predicted octanol–water partition coefficient (Wildman–Crippen LogP) is 3.99. The lowest BCUT2D eigenvalue weighted by atomic mass is 10.1. The summed E-state index contributed by atoms with van der Waals surface area (Å²) in [5.41, 5.74) is 3.52. The number of aryl methyl sites for hydroxylation is 1. The first-order chi connectivity index (χ1) is 14.5. The van der Waals surface area contributed by atoms with Crippen LogP contribution in [0.5, 0.6) is 0 Å². The van der Waals surface area contributed by atoms with Crippen molar-refractivity contribution >= 4 is 34.6 Å². The maximum absolute atomic E-state index is 12.9. The molecule has 0 aliphatic heterocycles. The Morgan fingerprint density at radius 2 is 2.00 bits per heavy atom. The molecular formula is C21H21ClN6O2. The largest absolute Gasteiger partial charge is 0.424 e. The van der Waals surface area contributed by atoms with Crippen LogP contribution in [0.25, 0.3) is 16.8 Å². The maximum atomic E-state index is 12.9. The molecule has 0 saturated heterocycles. The summed E-state index contributed by atoms with van der Waals surface area (Å²) in [6.07, 6.45) is 3.85. The number of nitrogens with one attached hydrogen (secondary N) is 2. The van der Waals surface area contributed by atoms with Gasteiger partial charge in [-0.05, 0) is 50.6 Å². The van der Waals surface area contributed by atoms with E-state index in [9.17, 15) is 4.79 Å². The molecule has 0 spiro atoms. The number of fused-ring (bicyclic) bond motifs is 1. The Labute approximate surface area is 178 Å². The van der Waals surface area contributed by atoms with E-state index in [1.807, 2.05) is 32.0 Å². The molecule has 1 unspecified atom stereocenters. The van der Waals surface area contributed by atoms with Gasteiger partial charge < -0.3 is 15.1 Å². The Morgan fingerprint density at radius 1 is 1.20 bits per heavy atom. The second-order valence-corrected chi connectivity index (χ2v) is 7.50. The lowest BCUT2D eigenvalue weighted by Crippen LogP contribution is -2.34. The van der Waals surface area contributed by atoms with Gasteiger partial charge in [-0.1, -0.05) is 23.2 Å². The van der Waals surface area contributed by atoms with Crippen molar-refractivity contribution in [2.75, 3.05) is 11.9 Å². The molecule has 0 aliphatic rings. The molecule has 1 amide bonds. The fraction of sp³-hybridized carbons (Fsp3) is 0.238. The molecule has 2 aromatic heterocycles. The molecule has 2 aromatic carbocycles. The summed E-state index contributed by atoms with van der Waals surface area (Å²) in [7, 11) is 0. The SMILES string of the molecule is Cc1ccc(-n2nccn2)c(C(=O)NC(C)CCNc2nc3cc(Cl)ccc3o2)c1. The zero-order chi connectivity index (χ0) is 21.1. The van der Waals surface area contributed by atoms with Crippen LogP contribution in [0.4, 0.5) is 6.01 Å². The third kappa shape index (κ3) is 4.44. The van der Waals surface area contributed by atoms with E-state index in [-0.39, 0.29) is 11.9 Å². The van der Waals surface area contributed by atoms with Crippen LogP contribution >= 0.6 is 11.6 Å². The van der Waals surface area contributed by atoms with Crippen LogP contribution in [-0.2, 0) is 0 Å². The molecule has 8 nitrogen and oxygen atoms in total. The topological polar surface area (TPSA) is 97.9 Å². The van der Waals surface area contributed by atoms with Crippen LogP contribution in [0.2, 0.25) is 5.02 Å². The van der Waals surface area contributed by atoms with Gasteiger partial charge in [-0.2, -0.15) is 20.0 Å². The molecule has 0 fully saturated rings. The summed E-state index contributed by atoms with van der Waals surface area (Å²) in [4.78, 5) is 18.7. The van der Waals surface area contributed by atoms with Gasteiger partial charge in [0, 0.05) is 17.6 Å². The highest BCUT2D eigenvalue weighted by Crippen LogP contribution is 2.22. The number of carbonyl (C=O) groups excluding carboxylic acids is 1. The number of aromatic nitrogens is 4. The van der Waals surface area contributed by atoms with Gasteiger partial charge in [-0.3, -0.25) is 4.79 Å². The molecule has 4 aromatic rings. The van der Waals surface area contributed by atoms with E-state index in [1.165, 1.54) is 4.80 Å². The van der Waals surface area contributed by atoms with Gasteiger partial charge in [0.05, 0.1) is 23.6 Å². The number of hydrogen-bond acceptors (Lipinski definition) is 6. The molecule has 0 saturated carbocycles. The lowest BCUT2D eigenvalue weighted by molar-refractivity contribution is 0.0938. The number of hydrogen-bond donors (Lipinski definition) is 2. The fourth-order valence-corrected chi connectivity index (χ4v) is 3.26. The standard InChI is InChI=1S/C21H21ClN6O2/c1-13-3-5-18(28-24-9-10-25-28)16(11-13)20(29)26-14(2)7-8-23-21-27-17-12-15(22)4-6-19(17)30-21/h3-6,9-12,14H,7-8H2,1-2H3,(H,23,27)(H,26,29). The van der Waals surface area contributed by atoms with Crippen molar-refractivity contribution in [1.29, 1.82) is 0 Å². The average molecular weight is 425 g/mol. The van der Waals surface area contributed by atoms with Crippen molar-refractivity contribution in [2.45, 2.75) is 26.3 Å². The van der Waals surface area contributed by atoms with Gasteiger partial charge in [0.25, 0.3) is 11.9 Å². The van der Waals surface area contributed by atoms with Gasteiger partial charge in [0.15, 0.2) is 5.58 Å². The van der Waals surface area contributed by atoms with E-state index in [2.05, 4.69) is 25.8 Å². The smallest absolute Gasteiger partial charge is 0.295 e. The third-order valence-corrected chi connectivity index (χ3v) is 4.85. The quantitative estimate of drug-likeness (QED) is 0.465. The molecule has 2 N–H and O–H groups in total. The first-order valence-corrected chi connectivity index (χ1v) is 9.95. The van der Waals surface area contributed by atoms with E-state index in [0.29, 0.717) is 46.4 Å². The minimum atomic E-state index is -0.171. The number of nitrogens with zero attached hydrogens (tertiary/aromatic N) is 4. The van der Waals surface area contributed by atoms with Crippen molar-refractivity contribution in [3.05, 3.63) is 64.9 Å². The van der Waals surface area contributed by atoms with E-state index < -0.39 is 0 Å². The highest BCUT2D eigenvalue weighted by Gasteiger charge is 2.16. The van der Waals surface area contributed by atoms with Crippen molar-refractivity contribution < 1.29 is 9.21 Å². The normalized spacial score (nSPS) is 12.1. The average Bonchev–Trinajstić information content (AvgIpc) is 3.37. The number of carbonyl (C=O) groups is 1. The van der Waals surface area contributed by atoms with Gasteiger partial charge in [-0.15, -0.1) is 0 Å². The Kier molecular flexibility index (Phi) is 5.67. The van der Waals surface area contributed by atoms with Crippen LogP contribution in [0, 0.1) is 6.92 Å². The first kappa shape index (κ1) is 19.9.